The largest absolute Gasteiger partial charge is 0.358 e. The number of imidazole rings is 1. The number of anilines is 1. The highest BCUT2D eigenvalue weighted by Gasteiger charge is 2.20. The van der Waals surface area contributed by atoms with E-state index in [1.54, 1.807) is 0 Å². The van der Waals surface area contributed by atoms with Crippen molar-refractivity contribution in [3.8, 4) is 6.07 Å². The molecule has 3 aromatic rings. The number of pyridine rings is 1. The van der Waals surface area contributed by atoms with E-state index in [9.17, 15) is 5.26 Å². The normalized spacial score (nSPS) is 15.3. The summed E-state index contributed by atoms with van der Waals surface area (Å²) in [5.74, 6) is 1.17. The zero-order valence-corrected chi connectivity index (χ0v) is 13.6. The van der Waals surface area contributed by atoms with Crippen molar-refractivity contribution in [3.63, 3.8) is 0 Å². The maximum Gasteiger partial charge on any atom is 0.157 e. The predicted molar refractivity (Wildman–Crippen MR) is 93.0 cm³/mol. The molecule has 3 heterocycles. The van der Waals surface area contributed by atoms with Gasteiger partial charge in [0.1, 0.15) is 11.9 Å². The third kappa shape index (κ3) is 2.16. The molecule has 0 N–H and O–H groups in total. The van der Waals surface area contributed by atoms with E-state index >= 15 is 0 Å². The smallest absolute Gasteiger partial charge is 0.157 e. The fraction of sp³-hybridized carbons (Fsp3) is 0.368. The fourth-order valence-electron chi connectivity index (χ4n) is 3.59. The Labute approximate surface area is 136 Å². The highest BCUT2D eigenvalue weighted by Crippen LogP contribution is 2.30. The summed E-state index contributed by atoms with van der Waals surface area (Å²) in [4.78, 5) is 7.20. The average Bonchev–Trinajstić information content (AvgIpc) is 2.93. The summed E-state index contributed by atoms with van der Waals surface area (Å²) in [6.07, 6.45) is 3.76. The number of nitriles is 1. The van der Waals surface area contributed by atoms with Crippen LogP contribution in [0.25, 0.3) is 16.7 Å². The van der Waals surface area contributed by atoms with Gasteiger partial charge in [0.05, 0.1) is 16.6 Å². The van der Waals surface area contributed by atoms with Crippen molar-refractivity contribution >= 4 is 22.5 Å². The van der Waals surface area contributed by atoms with Gasteiger partial charge in [-0.3, -0.25) is 4.40 Å². The van der Waals surface area contributed by atoms with E-state index in [2.05, 4.69) is 40.5 Å². The van der Waals surface area contributed by atoms with Crippen molar-refractivity contribution in [3.05, 3.63) is 41.0 Å². The van der Waals surface area contributed by atoms with Gasteiger partial charge >= 0.3 is 0 Å². The Morgan fingerprint density at radius 2 is 1.87 bits per heavy atom. The van der Waals surface area contributed by atoms with Crippen LogP contribution >= 0.6 is 0 Å². The molecule has 116 valence electrons. The van der Waals surface area contributed by atoms with E-state index in [1.165, 1.54) is 30.6 Å². The number of hydrogen-bond donors (Lipinski definition) is 0. The lowest BCUT2D eigenvalue weighted by molar-refractivity contribution is 0.572. The molecule has 0 saturated carbocycles. The molecule has 1 aliphatic rings. The lowest BCUT2D eigenvalue weighted by Gasteiger charge is -2.30. The van der Waals surface area contributed by atoms with Crippen LogP contribution in [-0.4, -0.2) is 22.5 Å². The summed E-state index contributed by atoms with van der Waals surface area (Å²) in [5.41, 5.74) is 5.73. The van der Waals surface area contributed by atoms with E-state index in [0.717, 1.165) is 35.3 Å². The van der Waals surface area contributed by atoms with Crippen molar-refractivity contribution in [1.29, 1.82) is 5.26 Å². The number of aromatic nitrogens is 2. The summed E-state index contributed by atoms with van der Waals surface area (Å²) in [6.45, 7) is 6.26. The van der Waals surface area contributed by atoms with E-state index in [-0.39, 0.29) is 0 Å². The van der Waals surface area contributed by atoms with Crippen LogP contribution in [0.3, 0.4) is 0 Å². The summed E-state index contributed by atoms with van der Waals surface area (Å²) < 4.78 is 2.18. The van der Waals surface area contributed by atoms with E-state index in [4.69, 9.17) is 4.98 Å². The van der Waals surface area contributed by atoms with Crippen LogP contribution in [0.1, 0.15) is 36.0 Å². The molecule has 0 atom stereocenters. The van der Waals surface area contributed by atoms with E-state index in [0.29, 0.717) is 5.56 Å². The number of fused-ring (bicyclic) bond motifs is 3. The van der Waals surface area contributed by atoms with Gasteiger partial charge in [-0.25, -0.2) is 4.98 Å². The maximum atomic E-state index is 9.58. The van der Waals surface area contributed by atoms with Gasteiger partial charge in [-0.1, -0.05) is 6.07 Å². The van der Waals surface area contributed by atoms with Gasteiger partial charge in [0.2, 0.25) is 0 Å². The number of piperidine rings is 1. The number of nitrogens with zero attached hydrogens (tertiary/aromatic N) is 4. The average molecular weight is 304 g/mol. The predicted octanol–water partition coefficient (Wildman–Crippen LogP) is 3.97. The molecule has 1 fully saturated rings. The standard InChI is InChI=1S/C19H20N4/c1-13-6-7-16-17(10-13)23-18(22-8-4-3-5-9-22)11-14(2)15(12-20)19(23)21-16/h6-7,10-11H,3-5,8-9H2,1-2H3. The first kappa shape index (κ1) is 14.1. The lowest BCUT2D eigenvalue weighted by Crippen LogP contribution is -2.31. The van der Waals surface area contributed by atoms with Gasteiger partial charge in [0.15, 0.2) is 5.65 Å². The zero-order chi connectivity index (χ0) is 16.0. The van der Waals surface area contributed by atoms with E-state index < -0.39 is 0 Å². The molecule has 0 aliphatic carbocycles. The van der Waals surface area contributed by atoms with Crippen molar-refractivity contribution < 1.29 is 0 Å². The Hall–Kier alpha value is -2.54. The van der Waals surface area contributed by atoms with Crippen LogP contribution in [0.2, 0.25) is 0 Å². The van der Waals surface area contributed by atoms with Gasteiger partial charge in [-0.15, -0.1) is 0 Å². The zero-order valence-electron chi connectivity index (χ0n) is 13.6. The molecule has 0 unspecified atom stereocenters. The molecular formula is C19H20N4. The molecule has 0 radical (unpaired) electrons. The summed E-state index contributed by atoms with van der Waals surface area (Å²) >= 11 is 0. The molecular weight excluding hydrogens is 284 g/mol. The monoisotopic (exact) mass is 304 g/mol. The van der Waals surface area contributed by atoms with Gasteiger partial charge in [-0.05, 0) is 62.4 Å². The lowest BCUT2D eigenvalue weighted by atomic mass is 10.1. The molecule has 0 amide bonds. The first-order chi connectivity index (χ1) is 11.2. The van der Waals surface area contributed by atoms with Crippen LogP contribution in [0.5, 0.6) is 0 Å². The fourth-order valence-corrected chi connectivity index (χ4v) is 3.59. The second-order valence-electron chi connectivity index (χ2n) is 6.48. The molecule has 4 rings (SSSR count). The van der Waals surface area contributed by atoms with Crippen molar-refractivity contribution in [2.24, 2.45) is 0 Å². The van der Waals surface area contributed by atoms with Crippen LogP contribution in [0.15, 0.2) is 24.3 Å². The third-order valence-corrected chi connectivity index (χ3v) is 4.79. The molecule has 1 aromatic carbocycles. The number of benzene rings is 1. The molecule has 4 heteroatoms. The van der Waals surface area contributed by atoms with Crippen LogP contribution in [0, 0.1) is 25.2 Å². The highest BCUT2D eigenvalue weighted by molar-refractivity contribution is 5.85. The summed E-state index contributed by atoms with van der Waals surface area (Å²) in [7, 11) is 0. The summed E-state index contributed by atoms with van der Waals surface area (Å²) in [6, 6.07) is 10.8. The quantitative estimate of drug-likeness (QED) is 0.683. The molecule has 1 aliphatic heterocycles. The Balaban J connectivity index is 2.10. The van der Waals surface area contributed by atoms with Crippen molar-refractivity contribution in [2.45, 2.75) is 33.1 Å². The Kier molecular flexibility index (Phi) is 3.23. The number of rotatable bonds is 1. The molecule has 4 nitrogen and oxygen atoms in total. The van der Waals surface area contributed by atoms with Crippen LogP contribution in [-0.2, 0) is 0 Å². The first-order valence-electron chi connectivity index (χ1n) is 8.26. The minimum Gasteiger partial charge on any atom is -0.358 e. The first-order valence-corrected chi connectivity index (χ1v) is 8.26. The molecule has 23 heavy (non-hydrogen) atoms. The Morgan fingerprint density at radius 1 is 1.09 bits per heavy atom. The minimum atomic E-state index is 0.680. The van der Waals surface area contributed by atoms with Crippen LogP contribution < -0.4 is 4.90 Å². The Morgan fingerprint density at radius 3 is 2.61 bits per heavy atom. The minimum absolute atomic E-state index is 0.680. The molecule has 2 aromatic heterocycles. The molecule has 0 bridgehead atoms. The van der Waals surface area contributed by atoms with Crippen LogP contribution in [0.4, 0.5) is 5.82 Å². The molecule has 0 spiro atoms. The summed E-state index contributed by atoms with van der Waals surface area (Å²) in [5, 5.41) is 9.58. The third-order valence-electron chi connectivity index (χ3n) is 4.79. The number of aryl methyl sites for hydroxylation is 2. The second kappa shape index (κ2) is 5.27. The SMILES string of the molecule is Cc1ccc2nc3c(C#N)c(C)cc(N4CCCCC4)n3c2c1. The van der Waals surface area contributed by atoms with Gasteiger partial charge < -0.3 is 4.90 Å². The Bertz CT molecular complexity index is 940. The topological polar surface area (TPSA) is 44.3 Å². The van der Waals surface area contributed by atoms with Crippen molar-refractivity contribution in [2.75, 3.05) is 18.0 Å². The number of hydrogen-bond acceptors (Lipinski definition) is 3. The second-order valence-corrected chi connectivity index (χ2v) is 6.48. The maximum absolute atomic E-state index is 9.58. The van der Waals surface area contributed by atoms with Gasteiger partial charge in [0, 0.05) is 13.1 Å². The highest BCUT2D eigenvalue weighted by atomic mass is 15.2. The molecule has 1 saturated heterocycles. The van der Waals surface area contributed by atoms with Crippen molar-refractivity contribution in [1.82, 2.24) is 9.38 Å². The van der Waals surface area contributed by atoms with E-state index in [1.807, 2.05) is 13.0 Å². The van der Waals surface area contributed by atoms with Gasteiger partial charge in [0.25, 0.3) is 0 Å². The van der Waals surface area contributed by atoms with Gasteiger partial charge in [-0.2, -0.15) is 5.26 Å².